The Morgan fingerprint density at radius 1 is 1.18 bits per heavy atom. The molecule has 1 N–H and O–H groups in total. The molecule has 0 saturated carbocycles. The molecule has 146 valence electrons. The zero-order valence-corrected chi connectivity index (χ0v) is 16.7. The van der Waals surface area contributed by atoms with E-state index in [4.69, 9.17) is 0 Å². The van der Waals surface area contributed by atoms with E-state index in [9.17, 15) is 8.78 Å². The summed E-state index contributed by atoms with van der Waals surface area (Å²) in [6.07, 6.45) is 3.68. The van der Waals surface area contributed by atoms with Crippen molar-refractivity contribution < 1.29 is 8.78 Å². The van der Waals surface area contributed by atoms with Crippen LogP contribution >= 0.6 is 0 Å². The van der Waals surface area contributed by atoms with E-state index in [0.717, 1.165) is 34.9 Å². The summed E-state index contributed by atoms with van der Waals surface area (Å²) < 4.78 is 28.5. The summed E-state index contributed by atoms with van der Waals surface area (Å²) in [7, 11) is 0. The molecule has 3 atom stereocenters. The van der Waals surface area contributed by atoms with Gasteiger partial charge in [-0.15, -0.1) is 0 Å². The number of hydrogen-bond acceptors (Lipinski definition) is 3. The SMILES string of the molecule is CC[C@@H]1CC(C)C(Nc2cc(F)cc3nc(C)ncc23)c2ccc(F)c(C)c21. The topological polar surface area (TPSA) is 37.8 Å². The monoisotopic (exact) mass is 381 g/mol. The highest BCUT2D eigenvalue weighted by Crippen LogP contribution is 2.46. The summed E-state index contributed by atoms with van der Waals surface area (Å²) in [5.74, 6) is 0.780. The molecule has 0 bridgehead atoms. The van der Waals surface area contributed by atoms with Gasteiger partial charge in [-0.2, -0.15) is 0 Å². The first-order chi connectivity index (χ1) is 13.4. The van der Waals surface area contributed by atoms with Gasteiger partial charge < -0.3 is 5.32 Å². The molecule has 1 heterocycles. The Hall–Kier alpha value is -2.56. The van der Waals surface area contributed by atoms with Crippen LogP contribution in [0.25, 0.3) is 10.9 Å². The molecular formula is C23H25F2N3. The molecule has 0 amide bonds. The minimum Gasteiger partial charge on any atom is -0.377 e. The molecule has 0 fully saturated rings. The smallest absolute Gasteiger partial charge is 0.127 e. The number of benzene rings is 2. The Bertz CT molecular complexity index is 1040. The van der Waals surface area contributed by atoms with Crippen LogP contribution in [0.4, 0.5) is 14.5 Å². The fourth-order valence-corrected chi connectivity index (χ4v) is 4.62. The Kier molecular flexibility index (Phi) is 4.77. The van der Waals surface area contributed by atoms with E-state index in [0.29, 0.717) is 28.9 Å². The summed E-state index contributed by atoms with van der Waals surface area (Å²) in [5, 5.41) is 4.33. The van der Waals surface area contributed by atoms with Gasteiger partial charge in [0.15, 0.2) is 0 Å². The van der Waals surface area contributed by atoms with Gasteiger partial charge in [0.05, 0.1) is 11.6 Å². The number of anilines is 1. The van der Waals surface area contributed by atoms with Crippen molar-refractivity contribution in [1.29, 1.82) is 0 Å². The molecular weight excluding hydrogens is 356 g/mol. The second-order valence-corrected chi connectivity index (χ2v) is 7.92. The van der Waals surface area contributed by atoms with Crippen molar-refractivity contribution in [2.45, 2.75) is 52.5 Å². The summed E-state index contributed by atoms with van der Waals surface area (Å²) in [5.41, 5.74) is 4.20. The first-order valence-corrected chi connectivity index (χ1v) is 9.87. The van der Waals surface area contributed by atoms with Crippen molar-refractivity contribution in [3.05, 3.63) is 64.6 Å². The van der Waals surface area contributed by atoms with Crippen LogP contribution in [-0.4, -0.2) is 9.97 Å². The molecule has 5 heteroatoms. The standard InChI is InChI=1S/C23H25F2N3/c1-5-15-8-12(2)23(17-6-7-19(25)13(3)22(15)17)28-21-10-16(24)9-20-18(21)11-26-14(4)27-20/h6-7,9-12,15,23,28H,5,8H2,1-4H3/t12?,15-,23?/m1/s1. The van der Waals surface area contributed by atoms with Crippen molar-refractivity contribution in [3.63, 3.8) is 0 Å². The summed E-state index contributed by atoms with van der Waals surface area (Å²) in [6.45, 7) is 8.00. The average Bonchev–Trinajstić information content (AvgIpc) is 2.65. The molecule has 1 aliphatic carbocycles. The van der Waals surface area contributed by atoms with Gasteiger partial charge in [-0.25, -0.2) is 18.7 Å². The molecule has 0 radical (unpaired) electrons. The van der Waals surface area contributed by atoms with Gasteiger partial charge in [0.1, 0.15) is 17.5 Å². The number of aromatic nitrogens is 2. The highest BCUT2D eigenvalue weighted by Gasteiger charge is 2.34. The number of rotatable bonds is 3. The maximum Gasteiger partial charge on any atom is 0.127 e. The zero-order chi connectivity index (χ0) is 20.0. The van der Waals surface area contributed by atoms with Gasteiger partial charge in [-0.1, -0.05) is 19.9 Å². The molecule has 3 nitrogen and oxygen atoms in total. The highest BCUT2D eigenvalue weighted by atomic mass is 19.1. The van der Waals surface area contributed by atoms with Gasteiger partial charge >= 0.3 is 0 Å². The van der Waals surface area contributed by atoms with Crippen molar-refractivity contribution in [1.82, 2.24) is 9.97 Å². The minimum atomic E-state index is -0.335. The first-order valence-electron chi connectivity index (χ1n) is 9.87. The van der Waals surface area contributed by atoms with Crippen LogP contribution in [0.3, 0.4) is 0 Å². The highest BCUT2D eigenvalue weighted by molar-refractivity contribution is 5.91. The van der Waals surface area contributed by atoms with E-state index in [1.165, 1.54) is 12.1 Å². The number of hydrogen-bond donors (Lipinski definition) is 1. The molecule has 2 unspecified atom stereocenters. The van der Waals surface area contributed by atoms with E-state index in [1.807, 2.05) is 13.0 Å². The molecule has 4 rings (SSSR count). The fraction of sp³-hybridized carbons (Fsp3) is 0.391. The molecule has 28 heavy (non-hydrogen) atoms. The maximum absolute atomic E-state index is 14.3. The van der Waals surface area contributed by atoms with Crippen LogP contribution in [0, 0.1) is 31.4 Å². The second-order valence-electron chi connectivity index (χ2n) is 7.92. The third kappa shape index (κ3) is 3.13. The lowest BCUT2D eigenvalue weighted by Crippen LogP contribution is -2.28. The summed E-state index contributed by atoms with van der Waals surface area (Å²) in [6, 6.07) is 6.33. The molecule has 0 spiro atoms. The van der Waals surface area contributed by atoms with Gasteiger partial charge in [0.2, 0.25) is 0 Å². The third-order valence-electron chi connectivity index (χ3n) is 6.04. The van der Waals surface area contributed by atoms with Gasteiger partial charge in [-0.05, 0) is 67.3 Å². The predicted octanol–water partition coefficient (Wildman–Crippen LogP) is 6.21. The van der Waals surface area contributed by atoms with Crippen LogP contribution in [0.5, 0.6) is 0 Å². The van der Waals surface area contributed by atoms with Crippen LogP contribution in [0.1, 0.15) is 61.2 Å². The Balaban J connectivity index is 1.83. The summed E-state index contributed by atoms with van der Waals surface area (Å²) >= 11 is 0. The first kappa shape index (κ1) is 18.8. The maximum atomic E-state index is 14.3. The normalized spacial score (nSPS) is 21.6. The Labute approximate surface area is 164 Å². The lowest BCUT2D eigenvalue weighted by atomic mass is 9.72. The minimum absolute atomic E-state index is 0.0246. The third-order valence-corrected chi connectivity index (χ3v) is 6.04. The Morgan fingerprint density at radius 2 is 1.96 bits per heavy atom. The molecule has 3 aromatic rings. The van der Waals surface area contributed by atoms with E-state index in [1.54, 1.807) is 19.2 Å². The lowest BCUT2D eigenvalue weighted by Gasteiger charge is -2.38. The van der Waals surface area contributed by atoms with Crippen molar-refractivity contribution in [3.8, 4) is 0 Å². The molecule has 2 aromatic carbocycles. The van der Waals surface area contributed by atoms with Crippen LogP contribution in [0.15, 0.2) is 30.5 Å². The lowest BCUT2D eigenvalue weighted by molar-refractivity contribution is 0.374. The molecule has 0 saturated heterocycles. The van der Waals surface area contributed by atoms with Gasteiger partial charge in [0, 0.05) is 23.3 Å². The zero-order valence-electron chi connectivity index (χ0n) is 16.7. The number of fused-ring (bicyclic) bond motifs is 2. The number of halogens is 2. The van der Waals surface area contributed by atoms with Gasteiger partial charge in [-0.3, -0.25) is 0 Å². The summed E-state index contributed by atoms with van der Waals surface area (Å²) in [4.78, 5) is 8.65. The van der Waals surface area contributed by atoms with E-state index >= 15 is 0 Å². The quantitative estimate of drug-likeness (QED) is 0.586. The fourth-order valence-electron chi connectivity index (χ4n) is 4.62. The van der Waals surface area contributed by atoms with E-state index in [2.05, 4.69) is 29.1 Å². The molecule has 1 aromatic heterocycles. The predicted molar refractivity (Wildman–Crippen MR) is 109 cm³/mol. The number of aryl methyl sites for hydroxylation is 1. The molecule has 0 aliphatic heterocycles. The average molecular weight is 381 g/mol. The van der Waals surface area contributed by atoms with Crippen molar-refractivity contribution in [2.24, 2.45) is 5.92 Å². The van der Waals surface area contributed by atoms with Gasteiger partial charge in [0.25, 0.3) is 0 Å². The van der Waals surface area contributed by atoms with Crippen LogP contribution in [-0.2, 0) is 0 Å². The second kappa shape index (κ2) is 7.12. The van der Waals surface area contributed by atoms with Crippen molar-refractivity contribution >= 4 is 16.6 Å². The Morgan fingerprint density at radius 3 is 2.71 bits per heavy atom. The van der Waals surface area contributed by atoms with E-state index < -0.39 is 0 Å². The number of nitrogens with zero attached hydrogens (tertiary/aromatic N) is 2. The van der Waals surface area contributed by atoms with E-state index in [-0.39, 0.29) is 17.7 Å². The van der Waals surface area contributed by atoms with Crippen molar-refractivity contribution in [2.75, 3.05) is 5.32 Å². The number of nitrogens with one attached hydrogen (secondary N) is 1. The largest absolute Gasteiger partial charge is 0.377 e. The van der Waals surface area contributed by atoms with Crippen LogP contribution in [0.2, 0.25) is 0 Å². The van der Waals surface area contributed by atoms with Crippen LogP contribution < -0.4 is 5.32 Å². The molecule has 1 aliphatic rings.